The Bertz CT molecular complexity index is 888. The van der Waals surface area contributed by atoms with Crippen LogP contribution in [0.2, 0.25) is 0 Å². The number of methoxy groups -OCH3 is 1. The van der Waals surface area contributed by atoms with Gasteiger partial charge >= 0.3 is 0 Å². The quantitative estimate of drug-likeness (QED) is 0.779. The molecule has 0 bridgehead atoms. The Morgan fingerprint density at radius 3 is 2.33 bits per heavy atom. The molecule has 6 heteroatoms. The monoisotopic (exact) mass is 408 g/mol. The zero-order chi connectivity index (χ0) is 21.1. The van der Waals surface area contributed by atoms with E-state index in [0.29, 0.717) is 39.1 Å². The first kappa shape index (κ1) is 20.4. The van der Waals surface area contributed by atoms with Crippen molar-refractivity contribution in [3.63, 3.8) is 0 Å². The fourth-order valence-corrected chi connectivity index (χ4v) is 4.36. The second-order valence-corrected chi connectivity index (χ2v) is 7.90. The number of hydrogen-bond acceptors (Lipinski definition) is 4. The number of carbonyl (C=O) groups excluding carboxylic acids is 2. The number of anilines is 1. The van der Waals surface area contributed by atoms with Crippen molar-refractivity contribution in [2.45, 2.75) is 25.8 Å². The average molecular weight is 408 g/mol. The summed E-state index contributed by atoms with van der Waals surface area (Å²) >= 11 is 0. The van der Waals surface area contributed by atoms with Crippen molar-refractivity contribution in [3.8, 4) is 5.75 Å². The lowest BCUT2D eigenvalue weighted by atomic mass is 9.82. The molecule has 2 aliphatic heterocycles. The van der Waals surface area contributed by atoms with Gasteiger partial charge in [0, 0.05) is 25.2 Å². The number of benzene rings is 2. The van der Waals surface area contributed by atoms with Crippen molar-refractivity contribution in [1.82, 2.24) is 4.90 Å². The third-order valence-electron chi connectivity index (χ3n) is 6.01. The Morgan fingerprint density at radius 1 is 1.03 bits per heavy atom. The minimum atomic E-state index is -0.352. The number of aryl methyl sites for hydroxylation is 1. The van der Waals surface area contributed by atoms with E-state index in [4.69, 9.17) is 9.47 Å². The van der Waals surface area contributed by atoms with Crippen molar-refractivity contribution < 1.29 is 19.1 Å². The second kappa shape index (κ2) is 8.88. The molecule has 2 saturated heterocycles. The van der Waals surface area contributed by atoms with Crippen molar-refractivity contribution >= 4 is 17.5 Å². The van der Waals surface area contributed by atoms with Crippen LogP contribution in [0.5, 0.6) is 5.75 Å². The van der Waals surface area contributed by atoms with Gasteiger partial charge in [-0.15, -0.1) is 0 Å². The molecule has 0 aromatic heterocycles. The van der Waals surface area contributed by atoms with Crippen LogP contribution in [-0.4, -0.2) is 50.1 Å². The SMILES string of the molecule is COc1ccc(C2C(C(=O)N3CCOCC3)CCC(=O)N2c2ccc(C)cc2)cc1. The molecule has 2 aromatic rings. The van der Waals surface area contributed by atoms with Crippen LogP contribution in [0.15, 0.2) is 48.5 Å². The van der Waals surface area contributed by atoms with Crippen molar-refractivity contribution in [2.24, 2.45) is 5.92 Å². The van der Waals surface area contributed by atoms with Gasteiger partial charge in [0.15, 0.2) is 0 Å². The van der Waals surface area contributed by atoms with Crippen LogP contribution < -0.4 is 9.64 Å². The fourth-order valence-electron chi connectivity index (χ4n) is 4.36. The normalized spacial score (nSPS) is 22.1. The van der Waals surface area contributed by atoms with E-state index in [1.807, 2.05) is 65.3 Å². The number of nitrogens with zero attached hydrogens (tertiary/aromatic N) is 2. The minimum absolute atomic E-state index is 0.0469. The van der Waals surface area contributed by atoms with Crippen LogP contribution in [-0.2, 0) is 14.3 Å². The molecule has 2 amide bonds. The summed E-state index contributed by atoms with van der Waals surface area (Å²) in [5, 5.41) is 0. The topological polar surface area (TPSA) is 59.1 Å². The molecule has 30 heavy (non-hydrogen) atoms. The molecule has 6 nitrogen and oxygen atoms in total. The van der Waals surface area contributed by atoms with Gasteiger partial charge in [-0.2, -0.15) is 0 Å². The fraction of sp³-hybridized carbons (Fsp3) is 0.417. The standard InChI is InChI=1S/C24H28N2O4/c1-17-3-7-19(8-4-17)26-22(27)12-11-21(24(28)25-13-15-30-16-14-25)23(26)18-5-9-20(29-2)10-6-18/h3-10,21,23H,11-16H2,1-2H3. The summed E-state index contributed by atoms with van der Waals surface area (Å²) in [4.78, 5) is 30.3. The molecule has 2 fully saturated rings. The molecule has 0 spiro atoms. The van der Waals surface area contributed by atoms with Gasteiger partial charge in [0.05, 0.1) is 32.3 Å². The van der Waals surface area contributed by atoms with Gasteiger partial charge in [-0.1, -0.05) is 29.8 Å². The van der Waals surface area contributed by atoms with E-state index in [-0.39, 0.29) is 23.8 Å². The number of carbonyl (C=O) groups is 2. The molecular weight excluding hydrogens is 380 g/mol. The molecule has 2 unspecified atom stereocenters. The molecular formula is C24H28N2O4. The summed E-state index contributed by atoms with van der Waals surface area (Å²) in [6, 6.07) is 15.3. The highest BCUT2D eigenvalue weighted by Gasteiger charge is 2.43. The van der Waals surface area contributed by atoms with Crippen molar-refractivity contribution in [3.05, 3.63) is 59.7 Å². The maximum absolute atomic E-state index is 13.5. The smallest absolute Gasteiger partial charge is 0.228 e. The Morgan fingerprint density at radius 2 is 1.70 bits per heavy atom. The van der Waals surface area contributed by atoms with E-state index in [9.17, 15) is 9.59 Å². The maximum atomic E-state index is 13.5. The van der Waals surface area contributed by atoms with Crippen LogP contribution in [0.4, 0.5) is 5.69 Å². The third-order valence-corrected chi connectivity index (χ3v) is 6.01. The lowest BCUT2D eigenvalue weighted by Crippen LogP contribution is -2.51. The van der Waals surface area contributed by atoms with Gasteiger partial charge in [-0.05, 0) is 43.2 Å². The Hall–Kier alpha value is -2.86. The zero-order valence-electron chi connectivity index (χ0n) is 17.5. The summed E-state index contributed by atoms with van der Waals surface area (Å²) in [5.74, 6) is 0.601. The van der Waals surface area contributed by atoms with Gasteiger partial charge in [-0.25, -0.2) is 0 Å². The Labute approximate surface area is 177 Å². The molecule has 0 aliphatic carbocycles. The van der Waals surface area contributed by atoms with Gasteiger partial charge in [0.25, 0.3) is 0 Å². The van der Waals surface area contributed by atoms with E-state index in [0.717, 1.165) is 22.6 Å². The highest BCUT2D eigenvalue weighted by molar-refractivity contribution is 5.97. The van der Waals surface area contributed by atoms with Crippen LogP contribution in [0.1, 0.15) is 30.0 Å². The first-order valence-corrected chi connectivity index (χ1v) is 10.5. The van der Waals surface area contributed by atoms with Gasteiger partial charge in [-0.3, -0.25) is 9.59 Å². The highest BCUT2D eigenvalue weighted by atomic mass is 16.5. The molecule has 2 aromatic carbocycles. The first-order chi connectivity index (χ1) is 14.6. The predicted octanol–water partition coefficient (Wildman–Crippen LogP) is 3.35. The molecule has 2 heterocycles. The largest absolute Gasteiger partial charge is 0.497 e. The first-order valence-electron chi connectivity index (χ1n) is 10.5. The van der Waals surface area contributed by atoms with Crippen LogP contribution in [0, 0.1) is 12.8 Å². The molecule has 2 atom stereocenters. The summed E-state index contributed by atoms with van der Waals surface area (Å²) in [6.07, 6.45) is 0.912. The van der Waals surface area contributed by atoms with E-state index in [1.165, 1.54) is 0 Å². The lowest BCUT2D eigenvalue weighted by molar-refractivity contribution is -0.142. The number of hydrogen-bond donors (Lipinski definition) is 0. The summed E-state index contributed by atoms with van der Waals surface area (Å²) in [6.45, 7) is 4.35. The van der Waals surface area contributed by atoms with Gasteiger partial charge in [0.2, 0.25) is 11.8 Å². The summed E-state index contributed by atoms with van der Waals surface area (Å²) in [7, 11) is 1.63. The van der Waals surface area contributed by atoms with Crippen molar-refractivity contribution in [1.29, 1.82) is 0 Å². The van der Waals surface area contributed by atoms with E-state index in [2.05, 4.69) is 0 Å². The zero-order valence-corrected chi connectivity index (χ0v) is 17.5. The molecule has 0 radical (unpaired) electrons. The van der Waals surface area contributed by atoms with E-state index < -0.39 is 0 Å². The van der Waals surface area contributed by atoms with Crippen LogP contribution in [0.3, 0.4) is 0 Å². The average Bonchev–Trinajstić information content (AvgIpc) is 2.80. The highest BCUT2D eigenvalue weighted by Crippen LogP contribution is 2.41. The number of ether oxygens (including phenoxy) is 2. The Kier molecular flexibility index (Phi) is 6.04. The molecule has 0 N–H and O–H groups in total. The lowest BCUT2D eigenvalue weighted by Gasteiger charge is -2.43. The summed E-state index contributed by atoms with van der Waals surface area (Å²) < 4.78 is 10.7. The second-order valence-electron chi connectivity index (χ2n) is 7.90. The molecule has 4 rings (SSSR count). The minimum Gasteiger partial charge on any atom is -0.497 e. The number of morpholine rings is 1. The third kappa shape index (κ3) is 4.05. The number of rotatable bonds is 4. The maximum Gasteiger partial charge on any atom is 0.228 e. The molecule has 0 saturated carbocycles. The van der Waals surface area contributed by atoms with Crippen LogP contribution in [0.25, 0.3) is 0 Å². The number of piperidine rings is 1. The van der Waals surface area contributed by atoms with Gasteiger partial charge < -0.3 is 19.3 Å². The molecule has 158 valence electrons. The van der Waals surface area contributed by atoms with E-state index >= 15 is 0 Å². The summed E-state index contributed by atoms with van der Waals surface area (Å²) in [5.41, 5.74) is 2.90. The van der Waals surface area contributed by atoms with Gasteiger partial charge in [0.1, 0.15) is 5.75 Å². The predicted molar refractivity (Wildman–Crippen MR) is 115 cm³/mol. The van der Waals surface area contributed by atoms with Crippen molar-refractivity contribution in [2.75, 3.05) is 38.3 Å². The Balaban J connectivity index is 1.74. The molecule has 2 aliphatic rings. The van der Waals surface area contributed by atoms with E-state index in [1.54, 1.807) is 7.11 Å². The number of amides is 2. The van der Waals surface area contributed by atoms with Crippen LogP contribution >= 0.6 is 0 Å².